The fraction of sp³-hybridized carbons (Fsp3) is 0.0899. The molecule has 5 aromatic heterocycles. The summed E-state index contributed by atoms with van der Waals surface area (Å²) in [7, 11) is 0. The maximum Gasteiger partial charge on any atom is 0.155 e. The summed E-state index contributed by atoms with van der Waals surface area (Å²) in [5.41, 5.74) is 8.17. The number of carbonyl (C=O) groups is 4. The molecule has 0 amide bonds. The average molecular weight is 2140 g/mol. The number of aliphatic hydroxyl groups is 4. The van der Waals surface area contributed by atoms with Crippen molar-refractivity contribution in [3.8, 4) is 44.3 Å². The first-order chi connectivity index (χ1) is 49.7. The Bertz CT molecular complexity index is 5240. The van der Waals surface area contributed by atoms with Crippen LogP contribution in [0.2, 0.25) is 0 Å². The van der Waals surface area contributed by atoms with E-state index >= 15 is 0 Å². The minimum absolute atomic E-state index is 0. The van der Waals surface area contributed by atoms with Crippen molar-refractivity contribution in [2.45, 2.75) is 55.4 Å². The topological polar surface area (TPSA) is 214 Å². The third-order valence-corrected chi connectivity index (χ3v) is 15.7. The molecule has 15 rings (SSSR count). The molecule has 0 aliphatic rings. The van der Waals surface area contributed by atoms with Crippen LogP contribution in [0.4, 0.5) is 0 Å². The molecule has 0 saturated heterocycles. The van der Waals surface area contributed by atoms with Crippen molar-refractivity contribution in [3.05, 3.63) is 333 Å². The van der Waals surface area contributed by atoms with Crippen LogP contribution in [-0.2, 0) is 99.6 Å². The van der Waals surface area contributed by atoms with Gasteiger partial charge < -0.3 is 35.4 Å². The number of rotatable bonds is 8. The second-order valence-electron chi connectivity index (χ2n) is 23.3. The zero-order valence-corrected chi connectivity index (χ0v) is 69.9. The Hall–Kier alpha value is -10.3. The number of hydrogen-bond acceptors (Lipinski definition) is 14. The standard InChI is InChI=1S/2C19H12N.C17H10NS.C14H9N2.4C5H8O2.4Ir/c1-2-8-16-13-20-19(12-15(16)7-1)18-11-5-9-14-6-3-4-10-17(14)18;1-2-7-16-13-17(10-9-14(16)5-1)19-18-8-4-3-6-15(18)11-12-20-19;1-2-8-13-12(6-1)7-5-9-14(13)17-18-15-10-3-4-11-16(15)19-17;1-2-4-13-11(3-1)7-10-16-14(13)12-5-8-15-9-6-12;4*1-4(6)3-5(2)7;;;;/h1-10,12-13H;1-9,11-13H;1-8,10-11H;1-5,7-10H;4*3,6H,1-2H3;;;;/q4*-1;;;;;;;;. The van der Waals surface area contributed by atoms with Crippen LogP contribution in [0, 0.1) is 24.3 Å². The van der Waals surface area contributed by atoms with E-state index in [0.717, 1.165) is 60.6 Å². The molecule has 5 heterocycles. The molecular formula is C89H75Ir4N5O8S-4. The minimum Gasteiger partial charge on any atom is -0.512 e. The van der Waals surface area contributed by atoms with Crippen LogP contribution in [0.5, 0.6) is 0 Å². The van der Waals surface area contributed by atoms with Crippen LogP contribution in [-0.4, -0.2) is 68.5 Å². The van der Waals surface area contributed by atoms with Crippen molar-refractivity contribution in [2.24, 2.45) is 0 Å². The Kier molecular flexibility index (Phi) is 38.2. The molecule has 0 aliphatic heterocycles. The molecule has 550 valence electrons. The van der Waals surface area contributed by atoms with Crippen molar-refractivity contribution >= 4 is 109 Å². The van der Waals surface area contributed by atoms with Crippen molar-refractivity contribution in [1.82, 2.24) is 24.9 Å². The molecule has 0 saturated carbocycles. The van der Waals surface area contributed by atoms with E-state index in [2.05, 4.69) is 208 Å². The summed E-state index contributed by atoms with van der Waals surface area (Å²) >= 11 is 1.72. The third kappa shape index (κ3) is 28.2. The monoisotopic (exact) mass is 2150 g/mol. The summed E-state index contributed by atoms with van der Waals surface area (Å²) in [6, 6.07) is 91.7. The number of aliphatic hydroxyl groups excluding tert-OH is 4. The second kappa shape index (κ2) is 45.9. The van der Waals surface area contributed by atoms with Crippen LogP contribution >= 0.6 is 11.3 Å². The molecule has 10 aromatic carbocycles. The Morgan fingerprint density at radius 1 is 0.364 bits per heavy atom. The number of pyridine rings is 4. The number of para-hydroxylation sites is 1. The summed E-state index contributed by atoms with van der Waals surface area (Å²) in [6.07, 6.45) is 13.7. The molecule has 4 radical (unpaired) electrons. The number of nitrogens with zero attached hydrogens (tertiary/aromatic N) is 5. The van der Waals surface area contributed by atoms with Crippen LogP contribution in [0.3, 0.4) is 0 Å². The largest absolute Gasteiger partial charge is 0.512 e. The van der Waals surface area contributed by atoms with E-state index in [4.69, 9.17) is 25.4 Å². The van der Waals surface area contributed by atoms with Crippen LogP contribution in [0.1, 0.15) is 55.4 Å². The predicted octanol–water partition coefficient (Wildman–Crippen LogP) is 21.9. The molecule has 0 aliphatic carbocycles. The van der Waals surface area contributed by atoms with Crippen LogP contribution in [0.15, 0.2) is 309 Å². The maximum absolute atomic E-state index is 10.0. The van der Waals surface area contributed by atoms with E-state index in [1.807, 2.05) is 85.3 Å². The number of benzene rings is 10. The zero-order chi connectivity index (χ0) is 73.6. The fourth-order valence-corrected chi connectivity index (χ4v) is 11.5. The third-order valence-electron chi connectivity index (χ3n) is 14.6. The minimum atomic E-state index is -0.125. The van der Waals surface area contributed by atoms with Crippen molar-refractivity contribution < 1.29 is 120 Å². The molecule has 0 spiro atoms. The average Bonchev–Trinajstić information content (AvgIpc) is 0.853. The zero-order valence-electron chi connectivity index (χ0n) is 59.5. The molecule has 15 aromatic rings. The number of carbonyl (C=O) groups excluding carboxylic acids is 4. The van der Waals surface area contributed by atoms with Gasteiger partial charge in [0.15, 0.2) is 23.1 Å². The Balaban J connectivity index is 0.000000268. The predicted molar refractivity (Wildman–Crippen MR) is 421 cm³/mol. The SMILES string of the molecule is CC(=O)C=C(C)O.CC(=O)C=C(C)O.CC(=O)C=C(C)O.CC(=O)C=C(C)O.[Ir].[Ir].[Ir].[Ir].[c-]1cc2ccccc2cc1-c1nccc2ccccc12.[c-]1ccc2ccccc2c1-c1cc2ccccc2cn1.[c-]1ccc2ccccc2c1-c1nc2ccccc2s1.[c-]1cnccc1-c1nccc2ccccc12. The summed E-state index contributed by atoms with van der Waals surface area (Å²) in [4.78, 5) is 62.3. The van der Waals surface area contributed by atoms with Gasteiger partial charge in [0.05, 0.1) is 28.6 Å². The van der Waals surface area contributed by atoms with Gasteiger partial charge in [-0.1, -0.05) is 180 Å². The molecule has 4 N–H and O–H groups in total. The molecule has 107 heavy (non-hydrogen) atoms. The maximum atomic E-state index is 10.0. The number of aromatic nitrogens is 5. The van der Waals surface area contributed by atoms with Gasteiger partial charge in [0.1, 0.15) is 0 Å². The molecule has 13 nitrogen and oxygen atoms in total. The van der Waals surface area contributed by atoms with Crippen molar-refractivity contribution in [1.29, 1.82) is 0 Å². The van der Waals surface area contributed by atoms with E-state index in [1.54, 1.807) is 23.7 Å². The number of thiazole rings is 1. The van der Waals surface area contributed by atoms with Crippen molar-refractivity contribution in [2.75, 3.05) is 0 Å². The van der Waals surface area contributed by atoms with E-state index in [-0.39, 0.29) is 127 Å². The van der Waals surface area contributed by atoms with E-state index in [1.165, 1.54) is 138 Å². The molecule has 0 unspecified atom stereocenters. The van der Waals surface area contributed by atoms with Gasteiger partial charge in [-0.3, -0.25) is 29.1 Å². The molecule has 18 heteroatoms. The van der Waals surface area contributed by atoms with E-state index in [0.29, 0.717) is 0 Å². The summed E-state index contributed by atoms with van der Waals surface area (Å²) < 4.78 is 1.22. The first kappa shape index (κ1) is 89.1. The second-order valence-corrected chi connectivity index (χ2v) is 24.3. The van der Waals surface area contributed by atoms with Gasteiger partial charge in [-0.15, -0.1) is 93.5 Å². The van der Waals surface area contributed by atoms with Gasteiger partial charge in [0.25, 0.3) is 0 Å². The normalized spacial score (nSPS) is 10.7. The van der Waals surface area contributed by atoms with Crippen LogP contribution in [0.25, 0.3) is 119 Å². The Morgan fingerprint density at radius 2 is 0.757 bits per heavy atom. The van der Waals surface area contributed by atoms with Gasteiger partial charge in [0.2, 0.25) is 0 Å². The number of hydrogen-bond donors (Lipinski definition) is 4. The summed E-state index contributed by atoms with van der Waals surface area (Å²) in [5.74, 6) is -0.250. The first-order valence-electron chi connectivity index (χ1n) is 32.6. The van der Waals surface area contributed by atoms with Gasteiger partial charge >= 0.3 is 0 Å². The Morgan fingerprint density at radius 3 is 1.21 bits per heavy atom. The van der Waals surface area contributed by atoms with Crippen LogP contribution < -0.4 is 0 Å². The van der Waals surface area contributed by atoms with Gasteiger partial charge in [-0.05, 0) is 141 Å². The number of allylic oxidation sites excluding steroid dienone is 8. The van der Waals surface area contributed by atoms with E-state index in [9.17, 15) is 19.2 Å². The number of fused-ring (bicyclic) bond motifs is 7. The fourth-order valence-electron chi connectivity index (χ4n) is 10.5. The van der Waals surface area contributed by atoms with Crippen molar-refractivity contribution in [3.63, 3.8) is 0 Å². The Labute approximate surface area is 681 Å². The summed E-state index contributed by atoms with van der Waals surface area (Å²) in [6.45, 7) is 11.4. The first-order valence-corrected chi connectivity index (χ1v) is 33.4. The van der Waals surface area contributed by atoms with Gasteiger partial charge in [0, 0.05) is 133 Å². The smallest absolute Gasteiger partial charge is 0.155 e. The number of ketones is 4. The van der Waals surface area contributed by atoms with Gasteiger partial charge in [-0.2, -0.15) is 23.0 Å². The van der Waals surface area contributed by atoms with Gasteiger partial charge in [-0.25, -0.2) is 0 Å². The molecular weight excluding hydrogens is 2070 g/mol. The molecule has 0 fully saturated rings. The van der Waals surface area contributed by atoms with E-state index < -0.39 is 0 Å². The summed E-state index contributed by atoms with van der Waals surface area (Å²) in [5, 5.41) is 48.9. The quantitative estimate of drug-likeness (QED) is 0.0634. The molecule has 0 atom stereocenters. The molecule has 0 bridgehead atoms.